The fourth-order valence-electron chi connectivity index (χ4n) is 2.83. The molecule has 0 fully saturated rings. The van der Waals surface area contributed by atoms with Crippen LogP contribution in [0.3, 0.4) is 0 Å². The van der Waals surface area contributed by atoms with E-state index in [-0.39, 0.29) is 5.43 Å². The minimum absolute atomic E-state index is 0.122. The van der Waals surface area contributed by atoms with E-state index in [2.05, 4.69) is 122 Å². The number of rotatable bonds is 1. The molecule has 0 unspecified atom stereocenters. The molecular formula is C25H22SiZr. The third-order valence-electron chi connectivity index (χ3n) is 4.30. The Morgan fingerprint density at radius 1 is 0.593 bits per heavy atom. The fourth-order valence-corrected chi connectivity index (χ4v) is 4.75. The zero-order chi connectivity index (χ0) is 18.9. The van der Waals surface area contributed by atoms with Crippen LogP contribution >= 0.6 is 0 Å². The molecule has 0 saturated carbocycles. The van der Waals surface area contributed by atoms with Gasteiger partial charge in [0, 0.05) is 0 Å². The SMILES string of the molecule is C[Si](=[Zr+2])c1ccccc1.c1ccc2[cH-]ccc2c1.c1ccc2[cH-]ccc2c1. The second-order valence-electron chi connectivity index (χ2n) is 6.30. The first kappa shape index (κ1) is 19.7. The molecule has 0 heterocycles. The first-order chi connectivity index (χ1) is 13.2. The van der Waals surface area contributed by atoms with Gasteiger partial charge < -0.3 is 0 Å². The van der Waals surface area contributed by atoms with Crippen molar-refractivity contribution in [3.05, 3.63) is 115 Å². The third-order valence-corrected chi connectivity index (χ3v) is 7.63. The molecule has 0 nitrogen and oxygen atoms in total. The van der Waals surface area contributed by atoms with E-state index < -0.39 is 0 Å². The molecule has 0 aromatic heterocycles. The minimum atomic E-state index is -0.122. The van der Waals surface area contributed by atoms with Crippen molar-refractivity contribution in [3.63, 3.8) is 0 Å². The van der Waals surface area contributed by atoms with Crippen molar-refractivity contribution in [1.29, 1.82) is 0 Å². The molecule has 5 aromatic rings. The molecule has 0 N–H and O–H groups in total. The smallest absolute Gasteiger partial charge is 0.0809 e. The molecule has 0 atom stereocenters. The maximum atomic E-state index is 2.35. The predicted molar refractivity (Wildman–Crippen MR) is 117 cm³/mol. The Bertz CT molecular complexity index is 976. The molecule has 0 radical (unpaired) electrons. The molecule has 0 bridgehead atoms. The van der Waals surface area contributed by atoms with Crippen LogP contribution in [-0.2, 0) is 23.3 Å². The largest absolute Gasteiger partial charge is 0.168 e. The Morgan fingerprint density at radius 3 is 1.44 bits per heavy atom. The molecule has 0 spiro atoms. The normalized spacial score (nSPS) is 9.89. The summed E-state index contributed by atoms with van der Waals surface area (Å²) in [5.74, 6) is 0. The fraction of sp³-hybridized carbons (Fsp3) is 0.0400. The second-order valence-corrected chi connectivity index (χ2v) is 13.7. The molecule has 0 aliphatic carbocycles. The van der Waals surface area contributed by atoms with Gasteiger partial charge in [-0.15, -0.1) is 59.3 Å². The average Bonchev–Trinajstić information content (AvgIpc) is 3.39. The van der Waals surface area contributed by atoms with E-state index in [0.717, 1.165) is 0 Å². The van der Waals surface area contributed by atoms with Gasteiger partial charge in [-0.05, 0) is 0 Å². The van der Waals surface area contributed by atoms with Crippen LogP contribution in [-0.4, -0.2) is 5.43 Å². The van der Waals surface area contributed by atoms with Gasteiger partial charge in [0.25, 0.3) is 0 Å². The molecule has 0 amide bonds. The van der Waals surface area contributed by atoms with E-state index in [0.29, 0.717) is 0 Å². The number of hydrogen-bond donors (Lipinski definition) is 0. The third kappa shape index (κ3) is 5.99. The van der Waals surface area contributed by atoms with E-state index in [1.54, 1.807) is 28.5 Å². The zero-order valence-electron chi connectivity index (χ0n) is 15.5. The average molecular weight is 442 g/mol. The van der Waals surface area contributed by atoms with Gasteiger partial charge in [0.15, 0.2) is 0 Å². The van der Waals surface area contributed by atoms with Crippen molar-refractivity contribution in [2.45, 2.75) is 6.55 Å². The topological polar surface area (TPSA) is 0 Å². The van der Waals surface area contributed by atoms with E-state index in [4.69, 9.17) is 0 Å². The monoisotopic (exact) mass is 440 g/mol. The summed E-state index contributed by atoms with van der Waals surface area (Å²) in [4.78, 5) is 0. The van der Waals surface area contributed by atoms with Crippen LogP contribution in [0.1, 0.15) is 0 Å². The molecule has 130 valence electrons. The summed E-state index contributed by atoms with van der Waals surface area (Å²) < 4.78 is 0. The summed E-state index contributed by atoms with van der Waals surface area (Å²) in [7, 11) is 0. The Balaban J connectivity index is 0.000000117. The van der Waals surface area contributed by atoms with Gasteiger partial charge in [0.2, 0.25) is 0 Å². The van der Waals surface area contributed by atoms with Crippen molar-refractivity contribution < 1.29 is 23.3 Å². The van der Waals surface area contributed by atoms with Crippen LogP contribution < -0.4 is 5.19 Å². The van der Waals surface area contributed by atoms with Crippen LogP contribution in [0, 0.1) is 0 Å². The summed E-state index contributed by atoms with van der Waals surface area (Å²) in [6, 6.07) is 40.1. The Morgan fingerprint density at radius 2 is 1.04 bits per heavy atom. The maximum Gasteiger partial charge on any atom is -0.0809 e. The Labute approximate surface area is 176 Å². The summed E-state index contributed by atoms with van der Waals surface area (Å²) in [6.07, 6.45) is 0. The van der Waals surface area contributed by atoms with Gasteiger partial charge in [-0.1, -0.05) is 12.1 Å². The van der Waals surface area contributed by atoms with E-state index in [1.807, 2.05) is 0 Å². The molecule has 5 rings (SSSR count). The molecule has 0 aliphatic heterocycles. The van der Waals surface area contributed by atoms with Crippen molar-refractivity contribution >= 4 is 32.2 Å². The first-order valence-corrected chi connectivity index (χ1v) is 14.7. The quantitative estimate of drug-likeness (QED) is 0.215. The van der Waals surface area contributed by atoms with Gasteiger partial charge in [-0.3, -0.25) is 0 Å². The van der Waals surface area contributed by atoms with Gasteiger partial charge in [0.05, 0.1) is 0 Å². The van der Waals surface area contributed by atoms with Crippen LogP contribution in [0.15, 0.2) is 115 Å². The second kappa shape index (κ2) is 10.3. The van der Waals surface area contributed by atoms with Crippen LogP contribution in [0.5, 0.6) is 0 Å². The molecule has 0 saturated heterocycles. The van der Waals surface area contributed by atoms with Crippen LogP contribution in [0.2, 0.25) is 6.55 Å². The standard InChI is InChI=1S/2C9H7.C7H8Si.Zr/c2*1-2-5-9-7-3-6-8(9)4-1;1-8-7-5-3-2-4-6-7;/h2*1-7H;2-6H,1H3;/q2*-1;;+2. The molecule has 5 aromatic carbocycles. The summed E-state index contributed by atoms with van der Waals surface area (Å²) in [6.45, 7) is 2.35. The van der Waals surface area contributed by atoms with Gasteiger partial charge >= 0.3 is 70.8 Å². The van der Waals surface area contributed by atoms with Crippen LogP contribution in [0.4, 0.5) is 0 Å². The van der Waals surface area contributed by atoms with Crippen molar-refractivity contribution in [1.82, 2.24) is 0 Å². The van der Waals surface area contributed by atoms with Crippen molar-refractivity contribution in [2.24, 2.45) is 0 Å². The van der Waals surface area contributed by atoms with Crippen molar-refractivity contribution in [2.75, 3.05) is 0 Å². The van der Waals surface area contributed by atoms with Gasteiger partial charge in [0.1, 0.15) is 0 Å². The molecular weight excluding hydrogens is 420 g/mol. The molecule has 27 heavy (non-hydrogen) atoms. The summed E-state index contributed by atoms with van der Waals surface area (Å²) in [5, 5.41) is 6.88. The maximum absolute atomic E-state index is 2.35. The van der Waals surface area contributed by atoms with Gasteiger partial charge in [-0.25, -0.2) is 0 Å². The summed E-state index contributed by atoms with van der Waals surface area (Å²) >= 11 is 1.69. The molecule has 0 aliphatic rings. The molecule has 2 heteroatoms. The van der Waals surface area contributed by atoms with E-state index in [1.165, 1.54) is 21.5 Å². The van der Waals surface area contributed by atoms with Gasteiger partial charge in [-0.2, -0.15) is 35.0 Å². The van der Waals surface area contributed by atoms with E-state index in [9.17, 15) is 0 Å². The predicted octanol–water partition coefficient (Wildman–Crippen LogP) is 6.18. The van der Waals surface area contributed by atoms with Crippen LogP contribution in [0.25, 0.3) is 21.5 Å². The zero-order valence-corrected chi connectivity index (χ0v) is 18.9. The number of benzene rings is 3. The van der Waals surface area contributed by atoms with Crippen molar-refractivity contribution in [3.8, 4) is 0 Å². The summed E-state index contributed by atoms with van der Waals surface area (Å²) in [5.41, 5.74) is -0.122. The Kier molecular flexibility index (Phi) is 7.56. The number of hydrogen-bond acceptors (Lipinski definition) is 0. The Hall–Kier alpha value is -2.02. The number of fused-ring (bicyclic) bond motifs is 2. The first-order valence-electron chi connectivity index (χ1n) is 9.05. The van der Waals surface area contributed by atoms with E-state index >= 15 is 0 Å². The minimum Gasteiger partial charge on any atom is -0.168 e.